The lowest BCUT2D eigenvalue weighted by Gasteiger charge is -2.33. The Morgan fingerprint density at radius 1 is 1.33 bits per heavy atom. The van der Waals surface area contributed by atoms with Crippen molar-refractivity contribution in [2.45, 2.75) is 70.4 Å². The number of ether oxygens (including phenoxy) is 1. The van der Waals surface area contributed by atoms with Crippen LogP contribution in [0.2, 0.25) is 0 Å². The van der Waals surface area contributed by atoms with Crippen LogP contribution in [0.3, 0.4) is 0 Å². The van der Waals surface area contributed by atoms with Crippen molar-refractivity contribution in [2.75, 3.05) is 13.7 Å². The first-order chi connectivity index (χ1) is 10.1. The minimum Gasteiger partial charge on any atom is -0.379 e. The van der Waals surface area contributed by atoms with Crippen molar-refractivity contribution in [2.24, 2.45) is 0 Å². The lowest BCUT2D eigenvalue weighted by molar-refractivity contribution is 0.00582. The second kappa shape index (κ2) is 7.42. The molecular formula is C19H31NO. The topological polar surface area (TPSA) is 21.3 Å². The molecule has 0 aliphatic heterocycles. The Bertz CT molecular complexity index is 441. The van der Waals surface area contributed by atoms with Crippen LogP contribution in [0.5, 0.6) is 0 Å². The molecule has 0 bridgehead atoms. The summed E-state index contributed by atoms with van der Waals surface area (Å²) in [5, 5.41) is 3.67. The third kappa shape index (κ3) is 4.55. The van der Waals surface area contributed by atoms with E-state index in [4.69, 9.17) is 4.74 Å². The molecule has 118 valence electrons. The Hall–Kier alpha value is -0.860. The Labute approximate surface area is 130 Å². The highest BCUT2D eigenvalue weighted by Gasteiger charge is 2.27. The molecule has 1 N–H and O–H groups in total. The van der Waals surface area contributed by atoms with Gasteiger partial charge in [0, 0.05) is 13.2 Å². The molecule has 2 atom stereocenters. The smallest absolute Gasteiger partial charge is 0.0637 e. The van der Waals surface area contributed by atoms with E-state index in [1.165, 1.54) is 25.7 Å². The molecule has 0 amide bonds. The van der Waals surface area contributed by atoms with Crippen LogP contribution in [0.4, 0.5) is 0 Å². The highest BCUT2D eigenvalue weighted by atomic mass is 16.5. The fraction of sp³-hybridized carbons (Fsp3) is 0.684. The molecule has 2 nitrogen and oxygen atoms in total. The van der Waals surface area contributed by atoms with Gasteiger partial charge in [0.1, 0.15) is 0 Å². The van der Waals surface area contributed by atoms with Gasteiger partial charge in [0.15, 0.2) is 0 Å². The van der Waals surface area contributed by atoms with E-state index in [0.717, 1.165) is 13.0 Å². The Morgan fingerprint density at radius 2 is 2.10 bits per heavy atom. The monoisotopic (exact) mass is 289 g/mol. The van der Waals surface area contributed by atoms with Gasteiger partial charge in [-0.1, -0.05) is 31.2 Å². The normalized spacial score (nSPS) is 20.1. The summed E-state index contributed by atoms with van der Waals surface area (Å²) in [7, 11) is 1.82. The third-order valence-corrected chi connectivity index (χ3v) is 4.85. The lowest BCUT2D eigenvalue weighted by Crippen LogP contribution is -2.38. The molecule has 0 saturated carbocycles. The van der Waals surface area contributed by atoms with Crippen molar-refractivity contribution in [1.29, 1.82) is 0 Å². The highest BCUT2D eigenvalue weighted by molar-refractivity contribution is 5.32. The maximum absolute atomic E-state index is 5.63. The molecular weight excluding hydrogens is 258 g/mol. The summed E-state index contributed by atoms with van der Waals surface area (Å²) < 4.78 is 5.63. The van der Waals surface area contributed by atoms with Gasteiger partial charge in [0.05, 0.1) is 5.60 Å². The second-order valence-electron chi connectivity index (χ2n) is 6.95. The average Bonchev–Trinajstić information content (AvgIpc) is 2.47. The fourth-order valence-corrected chi connectivity index (χ4v) is 3.65. The molecule has 0 spiro atoms. The van der Waals surface area contributed by atoms with Crippen LogP contribution in [0.15, 0.2) is 24.3 Å². The largest absolute Gasteiger partial charge is 0.379 e. The van der Waals surface area contributed by atoms with E-state index in [1.807, 2.05) is 7.11 Å². The van der Waals surface area contributed by atoms with Crippen molar-refractivity contribution in [1.82, 2.24) is 5.32 Å². The molecule has 2 heteroatoms. The summed E-state index contributed by atoms with van der Waals surface area (Å²) >= 11 is 0. The Morgan fingerprint density at radius 3 is 2.81 bits per heavy atom. The van der Waals surface area contributed by atoms with Gasteiger partial charge in [-0.25, -0.2) is 0 Å². The van der Waals surface area contributed by atoms with E-state index in [-0.39, 0.29) is 5.60 Å². The number of fused-ring (bicyclic) bond motifs is 1. The Balaban J connectivity index is 2.07. The SMILES string of the molecule is CCNC(CC1CCCc2ccccc21)CC(C)(C)OC. The summed E-state index contributed by atoms with van der Waals surface area (Å²) in [6, 6.07) is 9.54. The average molecular weight is 289 g/mol. The third-order valence-electron chi connectivity index (χ3n) is 4.85. The number of hydrogen-bond donors (Lipinski definition) is 1. The molecule has 1 aromatic rings. The van der Waals surface area contributed by atoms with Crippen molar-refractivity contribution in [3.05, 3.63) is 35.4 Å². The van der Waals surface area contributed by atoms with Crippen LogP contribution in [0.1, 0.15) is 63.5 Å². The van der Waals surface area contributed by atoms with Gasteiger partial charge in [-0.05, 0) is 69.5 Å². The van der Waals surface area contributed by atoms with Crippen molar-refractivity contribution < 1.29 is 4.74 Å². The first-order valence-electron chi connectivity index (χ1n) is 8.42. The molecule has 2 unspecified atom stereocenters. The van der Waals surface area contributed by atoms with E-state index in [1.54, 1.807) is 11.1 Å². The molecule has 1 aliphatic carbocycles. The van der Waals surface area contributed by atoms with E-state index >= 15 is 0 Å². The Kier molecular flexibility index (Phi) is 5.83. The number of aryl methyl sites for hydroxylation is 1. The zero-order valence-corrected chi connectivity index (χ0v) is 14.1. The maximum atomic E-state index is 5.63. The van der Waals surface area contributed by atoms with Crippen LogP contribution in [-0.4, -0.2) is 25.3 Å². The van der Waals surface area contributed by atoms with Crippen molar-refractivity contribution >= 4 is 0 Å². The summed E-state index contributed by atoms with van der Waals surface area (Å²) in [6.45, 7) is 7.60. The minimum absolute atomic E-state index is 0.0545. The van der Waals surface area contributed by atoms with Gasteiger partial charge in [0.25, 0.3) is 0 Å². The van der Waals surface area contributed by atoms with Crippen LogP contribution in [0, 0.1) is 0 Å². The molecule has 21 heavy (non-hydrogen) atoms. The predicted molar refractivity (Wildman–Crippen MR) is 89.9 cm³/mol. The summed E-state index contributed by atoms with van der Waals surface area (Å²) in [5.74, 6) is 0.701. The highest BCUT2D eigenvalue weighted by Crippen LogP contribution is 2.35. The van der Waals surface area contributed by atoms with Gasteiger partial charge in [-0.15, -0.1) is 0 Å². The maximum Gasteiger partial charge on any atom is 0.0637 e. The second-order valence-corrected chi connectivity index (χ2v) is 6.95. The molecule has 1 aliphatic rings. The van der Waals surface area contributed by atoms with Gasteiger partial charge in [-0.2, -0.15) is 0 Å². The fourth-order valence-electron chi connectivity index (χ4n) is 3.65. The van der Waals surface area contributed by atoms with Crippen LogP contribution in [-0.2, 0) is 11.2 Å². The zero-order chi connectivity index (χ0) is 15.3. The summed E-state index contributed by atoms with van der Waals surface area (Å²) in [5.41, 5.74) is 3.10. The van der Waals surface area contributed by atoms with Gasteiger partial charge < -0.3 is 10.1 Å². The van der Waals surface area contributed by atoms with E-state index in [0.29, 0.717) is 12.0 Å². The minimum atomic E-state index is -0.0545. The van der Waals surface area contributed by atoms with E-state index in [2.05, 4.69) is 50.4 Å². The predicted octanol–water partition coefficient (Wildman–Crippen LogP) is 4.29. The molecule has 0 aromatic heterocycles. The lowest BCUT2D eigenvalue weighted by atomic mass is 9.78. The molecule has 0 heterocycles. The number of rotatable bonds is 7. The molecule has 1 aromatic carbocycles. The zero-order valence-electron chi connectivity index (χ0n) is 14.1. The first kappa shape index (κ1) is 16.5. The van der Waals surface area contributed by atoms with Gasteiger partial charge >= 0.3 is 0 Å². The number of hydrogen-bond acceptors (Lipinski definition) is 2. The van der Waals surface area contributed by atoms with Gasteiger partial charge in [-0.3, -0.25) is 0 Å². The molecule has 2 rings (SSSR count). The standard InChI is InChI=1S/C19H31NO/c1-5-20-17(14-19(2,3)21-4)13-16-11-8-10-15-9-6-7-12-18(15)16/h6-7,9,12,16-17,20H,5,8,10-11,13-14H2,1-4H3. The van der Waals surface area contributed by atoms with Crippen molar-refractivity contribution in [3.8, 4) is 0 Å². The van der Waals surface area contributed by atoms with Gasteiger partial charge in [0.2, 0.25) is 0 Å². The number of nitrogens with one attached hydrogen (secondary N) is 1. The quantitative estimate of drug-likeness (QED) is 0.808. The molecule has 0 radical (unpaired) electrons. The van der Waals surface area contributed by atoms with E-state index < -0.39 is 0 Å². The van der Waals surface area contributed by atoms with Crippen LogP contribution in [0.25, 0.3) is 0 Å². The molecule has 0 fully saturated rings. The molecule has 0 saturated heterocycles. The van der Waals surface area contributed by atoms with Crippen molar-refractivity contribution in [3.63, 3.8) is 0 Å². The number of benzene rings is 1. The van der Waals surface area contributed by atoms with Crippen LogP contribution < -0.4 is 5.32 Å². The first-order valence-corrected chi connectivity index (χ1v) is 8.42. The summed E-state index contributed by atoms with van der Waals surface area (Å²) in [6.07, 6.45) is 6.19. The summed E-state index contributed by atoms with van der Waals surface area (Å²) in [4.78, 5) is 0. The van der Waals surface area contributed by atoms with Crippen LogP contribution >= 0.6 is 0 Å². The number of methoxy groups -OCH3 is 1. The van der Waals surface area contributed by atoms with E-state index in [9.17, 15) is 0 Å².